The number of carbonyl (C=O) groups is 1. The zero-order valence-corrected chi connectivity index (χ0v) is 17.6. The van der Waals surface area contributed by atoms with Crippen LogP contribution in [0.1, 0.15) is 11.6 Å². The Hall–Kier alpha value is -3.62. The highest BCUT2D eigenvalue weighted by Crippen LogP contribution is 2.31. The Morgan fingerprint density at radius 2 is 1.81 bits per heavy atom. The average Bonchev–Trinajstić information content (AvgIpc) is 2.81. The third kappa shape index (κ3) is 4.99. The minimum atomic E-state index is -0.705. The summed E-state index contributed by atoms with van der Waals surface area (Å²) in [6.07, 6.45) is -0.285. The average molecular weight is 454 g/mol. The van der Waals surface area contributed by atoms with Crippen molar-refractivity contribution in [3.05, 3.63) is 93.5 Å². The van der Waals surface area contributed by atoms with Gasteiger partial charge in [0.15, 0.2) is 11.5 Å². The van der Waals surface area contributed by atoms with E-state index < -0.39 is 11.0 Å². The molecule has 0 saturated carbocycles. The second-order valence-corrected chi connectivity index (χ2v) is 7.57. The van der Waals surface area contributed by atoms with E-state index in [2.05, 4.69) is 10.6 Å². The molecule has 0 spiro atoms. The number of amides is 1. The number of non-ortho nitro benzene ring substituents is 1. The minimum absolute atomic E-state index is 0.0833. The number of ether oxygens (including phenoxy) is 2. The van der Waals surface area contributed by atoms with E-state index in [1.54, 1.807) is 0 Å². The van der Waals surface area contributed by atoms with Crippen LogP contribution < -0.4 is 20.1 Å². The van der Waals surface area contributed by atoms with Gasteiger partial charge in [0.25, 0.3) is 5.69 Å². The van der Waals surface area contributed by atoms with Gasteiger partial charge < -0.3 is 14.8 Å². The number of para-hydroxylation sites is 2. The largest absolute Gasteiger partial charge is 0.486 e. The third-order valence-electron chi connectivity index (χ3n) is 4.93. The SMILES string of the molecule is O=C(Nc1ccc([N+](=O)[O-])cc1Cl)[C@H](NC[C@H]1COc2ccccc2O1)c1ccccc1. The van der Waals surface area contributed by atoms with Crippen LogP contribution in [0, 0.1) is 10.1 Å². The molecule has 164 valence electrons. The molecule has 3 aromatic rings. The van der Waals surface area contributed by atoms with E-state index in [1.807, 2.05) is 54.6 Å². The minimum Gasteiger partial charge on any atom is -0.486 e. The van der Waals surface area contributed by atoms with Crippen molar-refractivity contribution < 1.29 is 19.2 Å². The molecule has 4 rings (SSSR count). The van der Waals surface area contributed by atoms with Gasteiger partial charge in [-0.3, -0.25) is 20.2 Å². The smallest absolute Gasteiger partial charge is 0.271 e. The number of fused-ring (bicyclic) bond motifs is 1. The van der Waals surface area contributed by atoms with Crippen molar-refractivity contribution in [3.63, 3.8) is 0 Å². The Balaban J connectivity index is 1.48. The molecule has 3 aromatic carbocycles. The Bertz CT molecular complexity index is 1130. The number of benzene rings is 3. The first kappa shape index (κ1) is 21.6. The van der Waals surface area contributed by atoms with Crippen LogP contribution in [-0.2, 0) is 4.79 Å². The van der Waals surface area contributed by atoms with Gasteiger partial charge >= 0.3 is 0 Å². The summed E-state index contributed by atoms with van der Waals surface area (Å²) in [5.74, 6) is 0.988. The number of nitro groups is 1. The number of rotatable bonds is 7. The lowest BCUT2D eigenvalue weighted by Gasteiger charge is -2.28. The molecule has 0 aromatic heterocycles. The molecular weight excluding hydrogens is 434 g/mol. The topological polar surface area (TPSA) is 103 Å². The molecule has 0 bridgehead atoms. The van der Waals surface area contributed by atoms with Crippen LogP contribution in [0.15, 0.2) is 72.8 Å². The molecule has 8 nitrogen and oxygen atoms in total. The molecule has 32 heavy (non-hydrogen) atoms. The van der Waals surface area contributed by atoms with Crippen molar-refractivity contribution in [3.8, 4) is 11.5 Å². The van der Waals surface area contributed by atoms with E-state index in [0.717, 1.165) is 5.56 Å². The molecule has 1 aliphatic rings. The van der Waals surface area contributed by atoms with E-state index >= 15 is 0 Å². The number of halogens is 1. The molecule has 1 heterocycles. The zero-order chi connectivity index (χ0) is 22.5. The number of carbonyl (C=O) groups excluding carboxylic acids is 1. The Morgan fingerprint density at radius 1 is 1.09 bits per heavy atom. The first-order valence-corrected chi connectivity index (χ1v) is 10.3. The molecule has 0 unspecified atom stereocenters. The molecule has 2 atom stereocenters. The van der Waals surface area contributed by atoms with Gasteiger partial charge in [-0.05, 0) is 23.8 Å². The van der Waals surface area contributed by atoms with Crippen molar-refractivity contribution in [2.24, 2.45) is 0 Å². The zero-order valence-electron chi connectivity index (χ0n) is 16.9. The predicted molar refractivity (Wildman–Crippen MR) is 120 cm³/mol. The Kier molecular flexibility index (Phi) is 6.53. The summed E-state index contributed by atoms with van der Waals surface area (Å²) in [5.41, 5.74) is 0.886. The highest BCUT2D eigenvalue weighted by Gasteiger charge is 2.26. The van der Waals surface area contributed by atoms with Crippen LogP contribution in [-0.4, -0.2) is 30.1 Å². The lowest BCUT2D eigenvalue weighted by atomic mass is 10.1. The van der Waals surface area contributed by atoms with E-state index in [9.17, 15) is 14.9 Å². The number of anilines is 1. The molecule has 0 radical (unpaired) electrons. The van der Waals surface area contributed by atoms with E-state index in [0.29, 0.717) is 24.7 Å². The molecule has 1 amide bonds. The lowest BCUT2D eigenvalue weighted by Crippen LogP contribution is -2.42. The maximum atomic E-state index is 13.1. The normalized spacial score (nSPS) is 15.6. The van der Waals surface area contributed by atoms with Gasteiger partial charge in [-0.1, -0.05) is 54.1 Å². The highest BCUT2D eigenvalue weighted by molar-refractivity contribution is 6.34. The quantitative estimate of drug-likeness (QED) is 0.407. The first-order chi connectivity index (χ1) is 15.5. The fraction of sp³-hybridized carbons (Fsp3) is 0.174. The van der Waals surface area contributed by atoms with Crippen molar-refractivity contribution >= 4 is 28.9 Å². The van der Waals surface area contributed by atoms with Gasteiger partial charge in [0.05, 0.1) is 15.6 Å². The van der Waals surface area contributed by atoms with Crippen molar-refractivity contribution in [1.29, 1.82) is 0 Å². The van der Waals surface area contributed by atoms with Gasteiger partial charge in [0, 0.05) is 18.7 Å². The number of nitrogens with one attached hydrogen (secondary N) is 2. The molecule has 2 N–H and O–H groups in total. The second-order valence-electron chi connectivity index (χ2n) is 7.16. The van der Waals surface area contributed by atoms with Crippen LogP contribution in [0.4, 0.5) is 11.4 Å². The van der Waals surface area contributed by atoms with Crippen LogP contribution >= 0.6 is 11.6 Å². The number of hydrogen-bond donors (Lipinski definition) is 2. The van der Waals surface area contributed by atoms with E-state index in [-0.39, 0.29) is 28.4 Å². The van der Waals surface area contributed by atoms with Crippen LogP contribution in [0.25, 0.3) is 0 Å². The van der Waals surface area contributed by atoms with Gasteiger partial charge in [0.2, 0.25) is 5.91 Å². The fourth-order valence-corrected chi connectivity index (χ4v) is 3.57. The number of hydrogen-bond acceptors (Lipinski definition) is 6. The number of nitrogens with zero attached hydrogens (tertiary/aromatic N) is 1. The maximum Gasteiger partial charge on any atom is 0.271 e. The standard InChI is InChI=1S/C23H20ClN3O5/c24-18-12-16(27(29)30)10-11-19(18)26-23(28)22(15-6-2-1-3-7-15)25-13-17-14-31-20-8-4-5-9-21(20)32-17/h1-12,17,22,25H,13-14H2,(H,26,28)/t17-,22+/m0/s1. The summed E-state index contributed by atoms with van der Waals surface area (Å²) in [5, 5.41) is 17.0. The monoisotopic (exact) mass is 453 g/mol. The van der Waals surface area contributed by atoms with Gasteiger partial charge in [-0.15, -0.1) is 0 Å². The summed E-state index contributed by atoms with van der Waals surface area (Å²) in [6.45, 7) is 0.705. The third-order valence-corrected chi connectivity index (χ3v) is 5.25. The number of nitro benzene ring substituents is 1. The van der Waals surface area contributed by atoms with Gasteiger partial charge in [0.1, 0.15) is 18.8 Å². The summed E-state index contributed by atoms with van der Waals surface area (Å²) < 4.78 is 11.7. The predicted octanol–water partition coefficient (Wildman–Crippen LogP) is 4.36. The van der Waals surface area contributed by atoms with E-state index in [4.69, 9.17) is 21.1 Å². The van der Waals surface area contributed by atoms with Crippen molar-refractivity contribution in [2.45, 2.75) is 12.1 Å². The Morgan fingerprint density at radius 3 is 2.53 bits per heavy atom. The van der Waals surface area contributed by atoms with Gasteiger partial charge in [-0.25, -0.2) is 0 Å². The van der Waals surface area contributed by atoms with Crippen LogP contribution in [0.3, 0.4) is 0 Å². The maximum absolute atomic E-state index is 13.1. The summed E-state index contributed by atoms with van der Waals surface area (Å²) in [4.78, 5) is 23.5. The molecule has 9 heteroatoms. The second kappa shape index (κ2) is 9.67. The fourth-order valence-electron chi connectivity index (χ4n) is 3.34. The Labute approximate surface area is 189 Å². The molecule has 0 aliphatic carbocycles. The molecule has 0 fully saturated rings. The van der Waals surface area contributed by atoms with Crippen molar-refractivity contribution in [2.75, 3.05) is 18.5 Å². The molecule has 0 saturated heterocycles. The van der Waals surface area contributed by atoms with E-state index in [1.165, 1.54) is 18.2 Å². The van der Waals surface area contributed by atoms with Gasteiger partial charge in [-0.2, -0.15) is 0 Å². The highest BCUT2D eigenvalue weighted by atomic mass is 35.5. The lowest BCUT2D eigenvalue weighted by molar-refractivity contribution is -0.384. The summed E-state index contributed by atoms with van der Waals surface area (Å²) >= 11 is 6.14. The summed E-state index contributed by atoms with van der Waals surface area (Å²) in [6, 6.07) is 19.8. The van der Waals surface area contributed by atoms with Crippen LogP contribution in [0.2, 0.25) is 5.02 Å². The molecular formula is C23H20ClN3O5. The van der Waals surface area contributed by atoms with Crippen LogP contribution in [0.5, 0.6) is 11.5 Å². The summed E-state index contributed by atoms with van der Waals surface area (Å²) in [7, 11) is 0. The first-order valence-electron chi connectivity index (χ1n) is 9.93. The van der Waals surface area contributed by atoms with Crippen molar-refractivity contribution in [1.82, 2.24) is 5.32 Å². The molecule has 1 aliphatic heterocycles.